The lowest BCUT2D eigenvalue weighted by atomic mass is 10.2. The minimum absolute atomic E-state index is 1.04. The highest BCUT2D eigenvalue weighted by Crippen LogP contribution is 1.99. The molecule has 0 aromatic heterocycles. The Labute approximate surface area is 93.4 Å². The van der Waals surface area contributed by atoms with Crippen LogP contribution in [-0.4, -0.2) is 0 Å². The monoisotopic (exact) mass is 200 g/mol. The lowest BCUT2D eigenvalue weighted by molar-refractivity contribution is 1.00. The zero-order valence-corrected chi connectivity index (χ0v) is 9.31. The van der Waals surface area contributed by atoms with E-state index < -0.39 is 0 Å². The van der Waals surface area contributed by atoms with Crippen molar-refractivity contribution in [2.45, 2.75) is 32.1 Å². The fourth-order valence-electron chi connectivity index (χ4n) is 1.37. The molecule has 0 nitrogen and oxygen atoms in total. The zero-order chi connectivity index (χ0) is 10.6. The molecule has 0 aliphatic heterocycles. The first-order valence-electron chi connectivity index (χ1n) is 5.78. The summed E-state index contributed by atoms with van der Waals surface area (Å²) in [4.78, 5) is 0. The highest BCUT2D eigenvalue weighted by Gasteiger charge is 1.79. The molecular formula is C15H20. The zero-order valence-electron chi connectivity index (χ0n) is 9.31. The van der Waals surface area contributed by atoms with Crippen LogP contribution in [0.15, 0.2) is 60.8 Å². The second-order valence-electron chi connectivity index (χ2n) is 3.57. The van der Waals surface area contributed by atoms with Gasteiger partial charge in [0, 0.05) is 0 Å². The van der Waals surface area contributed by atoms with Gasteiger partial charge in [0.15, 0.2) is 0 Å². The van der Waals surface area contributed by atoms with Gasteiger partial charge in [0.1, 0.15) is 0 Å². The van der Waals surface area contributed by atoms with Crippen LogP contribution in [0.5, 0.6) is 0 Å². The smallest absolute Gasteiger partial charge is 0.0166 e. The number of allylic oxidation sites excluding steroid dienone is 10. The van der Waals surface area contributed by atoms with Gasteiger partial charge in [-0.15, -0.1) is 0 Å². The first kappa shape index (κ1) is 11.8. The molecule has 0 atom stereocenters. The van der Waals surface area contributed by atoms with E-state index in [1.54, 1.807) is 0 Å². The fraction of sp³-hybridized carbons (Fsp3) is 0.333. The van der Waals surface area contributed by atoms with E-state index in [-0.39, 0.29) is 0 Å². The minimum Gasteiger partial charge on any atom is -0.0882 e. The summed E-state index contributed by atoms with van der Waals surface area (Å²) in [5.74, 6) is 0. The Morgan fingerprint density at radius 3 is 1.67 bits per heavy atom. The summed E-state index contributed by atoms with van der Waals surface area (Å²) < 4.78 is 0. The summed E-state index contributed by atoms with van der Waals surface area (Å²) in [5.41, 5.74) is 0. The minimum atomic E-state index is 1.04. The van der Waals surface area contributed by atoms with Crippen molar-refractivity contribution in [2.75, 3.05) is 0 Å². The van der Waals surface area contributed by atoms with E-state index in [2.05, 4.69) is 60.8 Å². The van der Waals surface area contributed by atoms with Crippen LogP contribution < -0.4 is 0 Å². The molecule has 0 N–H and O–H groups in total. The molecule has 0 heteroatoms. The summed E-state index contributed by atoms with van der Waals surface area (Å²) in [6, 6.07) is 0. The number of hydrogen-bond acceptors (Lipinski definition) is 0. The van der Waals surface area contributed by atoms with Gasteiger partial charge in [-0.2, -0.15) is 0 Å². The normalized spacial score (nSPS) is 25.1. The molecule has 1 aliphatic rings. The van der Waals surface area contributed by atoms with Crippen molar-refractivity contribution in [1.29, 1.82) is 0 Å². The summed E-state index contributed by atoms with van der Waals surface area (Å²) in [6.07, 6.45) is 27.5. The molecule has 80 valence electrons. The Morgan fingerprint density at radius 2 is 0.933 bits per heavy atom. The molecule has 0 bridgehead atoms. The maximum atomic E-state index is 2.28. The molecule has 15 heavy (non-hydrogen) atoms. The van der Waals surface area contributed by atoms with Gasteiger partial charge in [-0.3, -0.25) is 0 Å². The van der Waals surface area contributed by atoms with Crippen molar-refractivity contribution in [2.24, 2.45) is 0 Å². The lowest BCUT2D eigenvalue weighted by Crippen LogP contribution is -1.67. The molecule has 1 aliphatic carbocycles. The summed E-state index contributed by atoms with van der Waals surface area (Å²) >= 11 is 0. The predicted molar refractivity (Wildman–Crippen MR) is 68.8 cm³/mol. The third-order valence-corrected chi connectivity index (χ3v) is 2.21. The molecule has 0 amide bonds. The van der Waals surface area contributed by atoms with Gasteiger partial charge < -0.3 is 0 Å². The molecular weight excluding hydrogens is 180 g/mol. The highest BCUT2D eigenvalue weighted by molar-refractivity contribution is 5.12. The maximum Gasteiger partial charge on any atom is -0.0166 e. The Morgan fingerprint density at radius 1 is 0.400 bits per heavy atom. The van der Waals surface area contributed by atoms with Crippen LogP contribution in [-0.2, 0) is 0 Å². The standard InChI is InChI=1S/C15H20/c1-2-4-6-8-10-12-14-15-13-11-9-7-5-3-1/h1-6,9,11-12,14H,7-8,10,13,15H2/b2-1?,5-3?,6-4-,11-9-,14-12-. The van der Waals surface area contributed by atoms with Crippen LogP contribution in [0.3, 0.4) is 0 Å². The van der Waals surface area contributed by atoms with Crippen LogP contribution in [0.25, 0.3) is 0 Å². The van der Waals surface area contributed by atoms with Gasteiger partial charge in [0.05, 0.1) is 0 Å². The molecule has 1 rings (SSSR count). The lowest BCUT2D eigenvalue weighted by Gasteiger charge is -1.88. The first-order chi connectivity index (χ1) is 7.50. The summed E-state index contributed by atoms with van der Waals surface area (Å²) in [6.45, 7) is 0. The Bertz CT molecular complexity index is 274. The molecule has 0 saturated carbocycles. The van der Waals surface area contributed by atoms with E-state index in [9.17, 15) is 0 Å². The van der Waals surface area contributed by atoms with Crippen molar-refractivity contribution in [3.05, 3.63) is 60.8 Å². The Balaban J connectivity index is 2.42. The van der Waals surface area contributed by atoms with E-state index in [0.29, 0.717) is 0 Å². The van der Waals surface area contributed by atoms with Gasteiger partial charge in [0.25, 0.3) is 0 Å². The van der Waals surface area contributed by atoms with Crippen LogP contribution in [0.2, 0.25) is 0 Å². The third-order valence-electron chi connectivity index (χ3n) is 2.21. The number of hydrogen-bond donors (Lipinski definition) is 0. The van der Waals surface area contributed by atoms with E-state index in [1.165, 1.54) is 6.42 Å². The molecule has 0 unspecified atom stereocenters. The molecule has 0 spiro atoms. The molecule has 0 heterocycles. The van der Waals surface area contributed by atoms with E-state index in [1.807, 2.05) is 0 Å². The van der Waals surface area contributed by atoms with Crippen LogP contribution in [0, 0.1) is 0 Å². The fourth-order valence-corrected chi connectivity index (χ4v) is 1.37. The van der Waals surface area contributed by atoms with Crippen LogP contribution in [0.4, 0.5) is 0 Å². The van der Waals surface area contributed by atoms with Gasteiger partial charge >= 0.3 is 0 Å². The Hall–Kier alpha value is -1.30. The van der Waals surface area contributed by atoms with Crippen molar-refractivity contribution in [3.8, 4) is 0 Å². The molecule has 0 aromatic rings. The molecule has 0 saturated heterocycles. The topological polar surface area (TPSA) is 0 Å². The summed E-state index contributed by atoms with van der Waals surface area (Å²) in [5, 5.41) is 0. The van der Waals surface area contributed by atoms with Gasteiger partial charge in [0.2, 0.25) is 0 Å². The molecule has 0 fully saturated rings. The van der Waals surface area contributed by atoms with Crippen LogP contribution in [0.1, 0.15) is 32.1 Å². The van der Waals surface area contributed by atoms with Crippen molar-refractivity contribution in [3.63, 3.8) is 0 Å². The predicted octanol–water partition coefficient (Wildman–Crippen LogP) is 4.73. The molecule has 0 radical (unpaired) electrons. The van der Waals surface area contributed by atoms with Crippen molar-refractivity contribution >= 4 is 0 Å². The highest BCUT2D eigenvalue weighted by atomic mass is 13.9. The SMILES string of the molecule is C1=C/C=C\CC/C=C\CC/C=C\CC=C1. The van der Waals surface area contributed by atoms with Crippen molar-refractivity contribution in [1.82, 2.24) is 0 Å². The second-order valence-corrected chi connectivity index (χ2v) is 3.57. The van der Waals surface area contributed by atoms with Crippen molar-refractivity contribution < 1.29 is 0 Å². The average molecular weight is 200 g/mol. The van der Waals surface area contributed by atoms with Gasteiger partial charge in [-0.25, -0.2) is 0 Å². The first-order valence-corrected chi connectivity index (χ1v) is 5.78. The third kappa shape index (κ3) is 7.75. The van der Waals surface area contributed by atoms with E-state index >= 15 is 0 Å². The average Bonchev–Trinajstić information content (AvgIpc) is 2.27. The quantitative estimate of drug-likeness (QED) is 0.496. The largest absolute Gasteiger partial charge is 0.0882 e. The van der Waals surface area contributed by atoms with E-state index in [0.717, 1.165) is 25.7 Å². The van der Waals surface area contributed by atoms with E-state index in [4.69, 9.17) is 0 Å². The van der Waals surface area contributed by atoms with Crippen LogP contribution >= 0.6 is 0 Å². The molecule has 0 aromatic carbocycles. The maximum absolute atomic E-state index is 2.28. The number of rotatable bonds is 0. The second kappa shape index (κ2) is 9.26. The van der Waals surface area contributed by atoms with Gasteiger partial charge in [-0.1, -0.05) is 60.8 Å². The van der Waals surface area contributed by atoms with Gasteiger partial charge in [-0.05, 0) is 32.1 Å². The summed E-state index contributed by atoms with van der Waals surface area (Å²) in [7, 11) is 0. The Kier molecular flexibility index (Phi) is 7.27.